The van der Waals surface area contributed by atoms with E-state index in [1.807, 2.05) is 0 Å². The first-order valence-corrected chi connectivity index (χ1v) is 4.25. The van der Waals surface area contributed by atoms with Crippen molar-refractivity contribution in [2.45, 2.75) is 0 Å². The molecule has 0 spiro atoms. The second kappa shape index (κ2) is 3.42. The van der Waals surface area contributed by atoms with Crippen molar-refractivity contribution in [1.82, 2.24) is 0 Å². The van der Waals surface area contributed by atoms with Gasteiger partial charge in [0.25, 0.3) is 0 Å². The molecule has 0 saturated carbocycles. The maximum absolute atomic E-state index is 13.3. The largest absolute Gasteiger partial charge is 0.464 e. The van der Waals surface area contributed by atoms with E-state index in [-0.39, 0.29) is 16.3 Å². The highest BCUT2D eigenvalue weighted by Crippen LogP contribution is 2.32. The van der Waals surface area contributed by atoms with E-state index >= 15 is 0 Å². The maximum Gasteiger partial charge on any atom is 0.142 e. The topological polar surface area (TPSA) is 13.1 Å². The normalized spacial score (nSPS) is 10.5. The first kappa shape index (κ1) is 9.21. The molecule has 1 aromatic heterocycles. The highest BCUT2D eigenvalue weighted by Gasteiger charge is 2.15. The number of benzene rings is 1. The molecule has 14 heavy (non-hydrogen) atoms. The summed E-state index contributed by atoms with van der Waals surface area (Å²) in [6.45, 7) is 0. The predicted molar refractivity (Wildman–Crippen MR) is 49.1 cm³/mol. The van der Waals surface area contributed by atoms with E-state index in [0.717, 1.165) is 12.1 Å². The molecule has 0 aliphatic rings. The van der Waals surface area contributed by atoms with Gasteiger partial charge in [-0.25, -0.2) is 8.78 Å². The molecule has 2 rings (SSSR count). The van der Waals surface area contributed by atoms with Gasteiger partial charge in [-0.3, -0.25) is 0 Å². The second-order valence-electron chi connectivity index (χ2n) is 2.70. The Bertz CT molecular complexity index is 451. The summed E-state index contributed by atoms with van der Waals surface area (Å²) in [5.74, 6) is -1.06. The Labute approximate surface area is 83.9 Å². The van der Waals surface area contributed by atoms with Crippen LogP contribution in [0.4, 0.5) is 8.78 Å². The van der Waals surface area contributed by atoms with Crippen molar-refractivity contribution in [3.8, 4) is 11.3 Å². The van der Waals surface area contributed by atoms with Crippen LogP contribution in [0.15, 0.2) is 34.9 Å². The quantitative estimate of drug-likeness (QED) is 0.657. The molecule has 2 aromatic rings. The first-order chi connectivity index (χ1) is 6.70. The van der Waals surface area contributed by atoms with E-state index in [1.54, 1.807) is 6.07 Å². The third kappa shape index (κ3) is 1.40. The fourth-order valence-corrected chi connectivity index (χ4v) is 1.42. The molecule has 4 heteroatoms. The molecular weight excluding hydrogens is 210 g/mol. The van der Waals surface area contributed by atoms with Gasteiger partial charge < -0.3 is 4.42 Å². The minimum absolute atomic E-state index is 0.0448. The molecule has 0 fully saturated rings. The third-order valence-corrected chi connectivity index (χ3v) is 2.18. The summed E-state index contributed by atoms with van der Waals surface area (Å²) in [5, 5.41) is -0.264. The van der Waals surface area contributed by atoms with Gasteiger partial charge in [0.2, 0.25) is 0 Å². The average Bonchev–Trinajstić information content (AvgIpc) is 2.65. The first-order valence-electron chi connectivity index (χ1n) is 3.87. The molecule has 0 bridgehead atoms. The van der Waals surface area contributed by atoms with Crippen molar-refractivity contribution in [3.05, 3.63) is 47.2 Å². The molecule has 1 nitrogen and oxygen atoms in total. The Hall–Kier alpha value is -1.35. The summed E-state index contributed by atoms with van der Waals surface area (Å²) >= 11 is 5.61. The molecule has 0 aliphatic heterocycles. The van der Waals surface area contributed by atoms with Crippen molar-refractivity contribution in [1.29, 1.82) is 0 Å². The number of rotatable bonds is 1. The Morgan fingerprint density at radius 2 is 1.79 bits per heavy atom. The molecule has 0 atom stereocenters. The highest BCUT2D eigenvalue weighted by atomic mass is 35.5. The number of halogens is 3. The molecule has 0 aliphatic carbocycles. The smallest absolute Gasteiger partial charge is 0.142 e. The van der Waals surface area contributed by atoms with Crippen LogP contribution in [-0.4, -0.2) is 0 Å². The highest BCUT2D eigenvalue weighted by molar-refractivity contribution is 6.33. The lowest BCUT2D eigenvalue weighted by atomic mass is 10.1. The number of hydrogen-bond donors (Lipinski definition) is 0. The van der Waals surface area contributed by atoms with E-state index in [0.29, 0.717) is 0 Å². The van der Waals surface area contributed by atoms with Crippen LogP contribution in [0, 0.1) is 11.6 Å². The van der Waals surface area contributed by atoms with Gasteiger partial charge in [-0.2, -0.15) is 0 Å². The van der Waals surface area contributed by atoms with Crippen LogP contribution in [0.5, 0.6) is 0 Å². The predicted octanol–water partition coefficient (Wildman–Crippen LogP) is 3.88. The lowest BCUT2D eigenvalue weighted by Gasteiger charge is -2.02. The standard InChI is InChI=1S/C10H5ClF2O/c11-10-7(13)4-3-6(12)9(10)8-2-1-5-14-8/h1-5H. The summed E-state index contributed by atoms with van der Waals surface area (Å²) in [6.07, 6.45) is 1.37. The summed E-state index contributed by atoms with van der Waals surface area (Å²) in [5.41, 5.74) is -0.0448. The second-order valence-corrected chi connectivity index (χ2v) is 3.07. The Kier molecular flexibility index (Phi) is 2.25. The van der Waals surface area contributed by atoms with Crippen LogP contribution >= 0.6 is 11.6 Å². The molecule has 1 aromatic carbocycles. The van der Waals surface area contributed by atoms with Crippen LogP contribution in [0.3, 0.4) is 0 Å². The maximum atomic E-state index is 13.3. The van der Waals surface area contributed by atoms with E-state index < -0.39 is 11.6 Å². The zero-order chi connectivity index (χ0) is 10.1. The molecule has 0 unspecified atom stereocenters. The third-order valence-electron chi connectivity index (χ3n) is 1.81. The van der Waals surface area contributed by atoms with Crippen LogP contribution in [-0.2, 0) is 0 Å². The summed E-state index contributed by atoms with van der Waals surface area (Å²) in [7, 11) is 0. The van der Waals surface area contributed by atoms with Gasteiger partial charge in [0, 0.05) is 0 Å². The lowest BCUT2D eigenvalue weighted by Crippen LogP contribution is -1.87. The van der Waals surface area contributed by atoms with Crippen molar-refractivity contribution >= 4 is 11.6 Å². The van der Waals surface area contributed by atoms with Crippen molar-refractivity contribution < 1.29 is 13.2 Å². The minimum atomic E-state index is -0.667. The van der Waals surface area contributed by atoms with E-state index in [2.05, 4.69) is 0 Å². The summed E-state index contributed by atoms with van der Waals surface area (Å²) in [6, 6.07) is 5.09. The lowest BCUT2D eigenvalue weighted by molar-refractivity contribution is 0.563. The number of hydrogen-bond acceptors (Lipinski definition) is 1. The Morgan fingerprint density at radius 3 is 2.43 bits per heavy atom. The monoisotopic (exact) mass is 214 g/mol. The molecule has 0 radical (unpaired) electrons. The zero-order valence-corrected chi connectivity index (χ0v) is 7.68. The van der Waals surface area contributed by atoms with Gasteiger partial charge in [0.1, 0.15) is 17.4 Å². The molecule has 0 N–H and O–H groups in total. The Morgan fingerprint density at radius 1 is 1.07 bits per heavy atom. The van der Waals surface area contributed by atoms with Crippen LogP contribution in [0.1, 0.15) is 0 Å². The number of furan rings is 1. The summed E-state index contributed by atoms with van der Waals surface area (Å²) in [4.78, 5) is 0. The molecular formula is C10H5ClF2O. The Balaban J connectivity index is 2.69. The van der Waals surface area contributed by atoms with Gasteiger partial charge in [0.05, 0.1) is 16.8 Å². The van der Waals surface area contributed by atoms with Gasteiger partial charge in [-0.15, -0.1) is 0 Å². The van der Waals surface area contributed by atoms with Crippen molar-refractivity contribution in [2.75, 3.05) is 0 Å². The van der Waals surface area contributed by atoms with Crippen molar-refractivity contribution in [2.24, 2.45) is 0 Å². The SMILES string of the molecule is Fc1ccc(F)c(-c2ccco2)c1Cl. The summed E-state index contributed by atoms with van der Waals surface area (Å²) < 4.78 is 31.2. The van der Waals surface area contributed by atoms with Gasteiger partial charge in [0.15, 0.2) is 0 Å². The van der Waals surface area contributed by atoms with Crippen LogP contribution in [0.2, 0.25) is 5.02 Å². The molecule has 0 saturated heterocycles. The minimum Gasteiger partial charge on any atom is -0.464 e. The van der Waals surface area contributed by atoms with Gasteiger partial charge >= 0.3 is 0 Å². The van der Waals surface area contributed by atoms with Crippen molar-refractivity contribution in [3.63, 3.8) is 0 Å². The molecule has 72 valence electrons. The molecule has 1 heterocycles. The fourth-order valence-electron chi connectivity index (χ4n) is 1.17. The van der Waals surface area contributed by atoms with E-state index in [1.165, 1.54) is 12.3 Å². The molecule has 0 amide bonds. The zero-order valence-electron chi connectivity index (χ0n) is 6.93. The van der Waals surface area contributed by atoms with Crippen LogP contribution < -0.4 is 0 Å². The fraction of sp³-hybridized carbons (Fsp3) is 0. The van der Waals surface area contributed by atoms with Gasteiger partial charge in [-0.05, 0) is 24.3 Å². The average molecular weight is 215 g/mol. The van der Waals surface area contributed by atoms with E-state index in [4.69, 9.17) is 16.0 Å². The van der Waals surface area contributed by atoms with Crippen LogP contribution in [0.25, 0.3) is 11.3 Å². The van der Waals surface area contributed by atoms with E-state index in [9.17, 15) is 8.78 Å². The van der Waals surface area contributed by atoms with Gasteiger partial charge in [-0.1, -0.05) is 11.6 Å².